The highest BCUT2D eigenvalue weighted by Crippen LogP contribution is 2.40. The molecule has 0 saturated heterocycles. The number of methoxy groups -OCH3 is 1. The Morgan fingerprint density at radius 3 is 1.83 bits per heavy atom. The highest BCUT2D eigenvalue weighted by molar-refractivity contribution is 6.99. The van der Waals surface area contributed by atoms with Gasteiger partial charge in [-0.2, -0.15) is 0 Å². The summed E-state index contributed by atoms with van der Waals surface area (Å²) in [6, 6.07) is 39.5. The zero-order valence-electron chi connectivity index (χ0n) is 24.4. The summed E-state index contributed by atoms with van der Waals surface area (Å²) < 4.78 is 19.6. The van der Waals surface area contributed by atoms with Crippen LogP contribution in [0.3, 0.4) is 0 Å². The Morgan fingerprint density at radius 1 is 0.805 bits per heavy atom. The van der Waals surface area contributed by atoms with Crippen molar-refractivity contribution in [3.63, 3.8) is 0 Å². The lowest BCUT2D eigenvalue weighted by Gasteiger charge is -2.48. The Hall–Kier alpha value is -3.93. The van der Waals surface area contributed by atoms with Crippen LogP contribution in [-0.4, -0.2) is 39.6 Å². The number of benzene rings is 4. The third kappa shape index (κ3) is 5.92. The molecule has 0 spiro atoms. The van der Waals surface area contributed by atoms with Crippen LogP contribution in [0, 0.1) is 0 Å². The molecule has 4 aromatic carbocycles. The van der Waals surface area contributed by atoms with Crippen molar-refractivity contribution in [2.75, 3.05) is 7.11 Å². The van der Waals surface area contributed by atoms with Gasteiger partial charge in [-0.25, -0.2) is 4.99 Å². The van der Waals surface area contributed by atoms with E-state index in [-0.39, 0.29) is 23.3 Å². The van der Waals surface area contributed by atoms with E-state index < -0.39 is 8.32 Å². The van der Waals surface area contributed by atoms with Crippen molar-refractivity contribution in [1.29, 1.82) is 0 Å². The van der Waals surface area contributed by atoms with E-state index in [2.05, 4.69) is 100 Å². The third-order valence-electron chi connectivity index (χ3n) is 7.82. The average Bonchev–Trinajstić information content (AvgIpc) is 3.01. The fourth-order valence-corrected chi connectivity index (χ4v) is 10.5. The van der Waals surface area contributed by atoms with Crippen LogP contribution in [0.1, 0.15) is 31.9 Å². The lowest BCUT2D eigenvalue weighted by molar-refractivity contribution is 0.0356. The molecular formula is C36H39NO3Si. The molecule has 0 fully saturated rings. The molecule has 210 valence electrons. The summed E-state index contributed by atoms with van der Waals surface area (Å²) in [6.07, 6.45) is 1.83. The van der Waals surface area contributed by atoms with Crippen molar-refractivity contribution < 1.29 is 13.9 Å². The van der Waals surface area contributed by atoms with E-state index >= 15 is 0 Å². The number of rotatable bonds is 9. The maximum Gasteiger partial charge on any atom is 0.261 e. The second-order valence-corrected chi connectivity index (χ2v) is 15.7. The third-order valence-corrected chi connectivity index (χ3v) is 12.9. The molecule has 3 atom stereocenters. The number of ether oxygens (including phenoxy) is 2. The number of hydrogen-bond acceptors (Lipinski definition) is 4. The normalized spacial score (nSPS) is 19.1. The molecule has 1 aliphatic rings. The predicted octanol–water partition coefficient (Wildman–Crippen LogP) is 6.58. The fraction of sp³-hybridized carbons (Fsp3) is 0.250. The van der Waals surface area contributed by atoms with Crippen LogP contribution < -0.4 is 15.1 Å². The molecule has 4 aromatic rings. The van der Waals surface area contributed by atoms with Gasteiger partial charge in [-0.05, 0) is 57.7 Å². The molecule has 0 unspecified atom stereocenters. The van der Waals surface area contributed by atoms with Crippen molar-refractivity contribution in [2.24, 2.45) is 4.99 Å². The second kappa shape index (κ2) is 12.3. The molecule has 0 aromatic heterocycles. The van der Waals surface area contributed by atoms with E-state index in [1.165, 1.54) is 10.4 Å². The minimum atomic E-state index is -2.89. The van der Waals surface area contributed by atoms with Crippen molar-refractivity contribution >= 4 is 24.6 Å². The minimum absolute atomic E-state index is 0.185. The molecule has 1 aliphatic heterocycles. The maximum atomic E-state index is 7.64. The average molecular weight is 562 g/mol. The molecule has 41 heavy (non-hydrogen) atoms. The van der Waals surface area contributed by atoms with Crippen molar-refractivity contribution in [1.82, 2.24) is 0 Å². The van der Waals surface area contributed by atoms with Crippen molar-refractivity contribution in [3.8, 4) is 5.75 Å². The maximum absolute atomic E-state index is 7.64. The predicted molar refractivity (Wildman–Crippen MR) is 171 cm³/mol. The van der Waals surface area contributed by atoms with Crippen LogP contribution in [0.25, 0.3) is 0 Å². The van der Waals surface area contributed by atoms with Gasteiger partial charge in [0.25, 0.3) is 8.32 Å². The molecular weight excluding hydrogens is 522 g/mol. The van der Waals surface area contributed by atoms with E-state index in [0.717, 1.165) is 16.9 Å². The number of hydrogen-bond donors (Lipinski definition) is 0. The van der Waals surface area contributed by atoms with Gasteiger partial charge in [0.2, 0.25) is 5.90 Å². The van der Waals surface area contributed by atoms with E-state index in [4.69, 9.17) is 18.9 Å². The SMILES string of the molecule is C=C[C@@H]1OC(c2ccccc2)=N[C@H](Cc2ccc(OC)cc2)[C@@H]1O[Si](c1ccccc1)(c1ccccc1)C(C)(C)C. The monoisotopic (exact) mass is 561 g/mol. The van der Waals surface area contributed by atoms with Crippen molar-refractivity contribution in [2.45, 2.75) is 50.5 Å². The van der Waals surface area contributed by atoms with Gasteiger partial charge < -0.3 is 13.9 Å². The fourth-order valence-electron chi connectivity index (χ4n) is 5.78. The number of nitrogens with zero attached hydrogens (tertiary/aromatic N) is 1. The van der Waals surface area contributed by atoms with E-state index in [0.29, 0.717) is 12.3 Å². The lowest BCUT2D eigenvalue weighted by atomic mass is 9.96. The first-order chi connectivity index (χ1) is 19.9. The zero-order valence-corrected chi connectivity index (χ0v) is 25.4. The van der Waals surface area contributed by atoms with Gasteiger partial charge in [-0.15, -0.1) is 0 Å². The smallest absolute Gasteiger partial charge is 0.261 e. The molecule has 0 radical (unpaired) electrons. The molecule has 4 nitrogen and oxygen atoms in total. The van der Waals surface area contributed by atoms with Gasteiger partial charge in [0.05, 0.1) is 13.2 Å². The Balaban J connectivity index is 1.66. The van der Waals surface area contributed by atoms with Crippen LogP contribution in [0.5, 0.6) is 5.75 Å². The topological polar surface area (TPSA) is 40.0 Å². The Bertz CT molecular complexity index is 1410. The summed E-state index contributed by atoms with van der Waals surface area (Å²) in [5.41, 5.74) is 2.11. The molecule has 0 amide bonds. The summed E-state index contributed by atoms with van der Waals surface area (Å²) in [6.45, 7) is 11.1. The summed E-state index contributed by atoms with van der Waals surface area (Å²) in [7, 11) is -1.20. The standard InChI is InChI=1S/C36H39NO3Si/c1-6-33-34(40-41(36(2,3)4,30-18-12-8-13-19-30)31-20-14-9-15-21-31)32(26-27-22-24-29(38-5)25-23-27)37-35(39-33)28-16-10-7-11-17-28/h6-25,32-34H,1,26H2,2-5H3/t32-,33+,34+/m1/s1. The van der Waals surface area contributed by atoms with Gasteiger partial charge in [-0.1, -0.05) is 118 Å². The summed E-state index contributed by atoms with van der Waals surface area (Å²) in [5.74, 6) is 1.45. The zero-order chi connectivity index (χ0) is 28.9. The van der Waals surface area contributed by atoms with Crippen LogP contribution in [0.2, 0.25) is 5.04 Å². The van der Waals surface area contributed by atoms with Crippen LogP contribution in [-0.2, 0) is 15.6 Å². The lowest BCUT2D eigenvalue weighted by Crippen LogP contribution is -2.69. The van der Waals surface area contributed by atoms with E-state index in [1.807, 2.05) is 48.5 Å². The molecule has 5 rings (SSSR count). The Morgan fingerprint density at radius 2 is 1.34 bits per heavy atom. The van der Waals surface area contributed by atoms with Crippen LogP contribution >= 0.6 is 0 Å². The molecule has 0 aliphatic carbocycles. The molecule has 0 N–H and O–H groups in total. The Labute approximate surface area is 245 Å². The first kappa shape index (κ1) is 28.6. The molecule has 0 bridgehead atoms. The molecule has 1 heterocycles. The highest BCUT2D eigenvalue weighted by Gasteiger charge is 2.54. The molecule has 0 saturated carbocycles. The summed E-state index contributed by atoms with van der Waals surface area (Å²) in [4.78, 5) is 5.24. The van der Waals surface area contributed by atoms with Gasteiger partial charge in [0.1, 0.15) is 18.0 Å². The minimum Gasteiger partial charge on any atom is -0.497 e. The van der Waals surface area contributed by atoms with Gasteiger partial charge in [0, 0.05) is 5.56 Å². The molecule has 5 heteroatoms. The van der Waals surface area contributed by atoms with Gasteiger partial charge in [0.15, 0.2) is 0 Å². The van der Waals surface area contributed by atoms with Gasteiger partial charge in [-0.3, -0.25) is 0 Å². The first-order valence-corrected chi connectivity index (χ1v) is 16.1. The second-order valence-electron chi connectivity index (χ2n) is 11.5. The van der Waals surface area contributed by atoms with Gasteiger partial charge >= 0.3 is 0 Å². The Kier molecular flexibility index (Phi) is 8.57. The van der Waals surface area contributed by atoms with Crippen LogP contribution in [0.15, 0.2) is 133 Å². The summed E-state index contributed by atoms with van der Waals surface area (Å²) >= 11 is 0. The van der Waals surface area contributed by atoms with E-state index in [1.54, 1.807) is 7.11 Å². The first-order valence-electron chi connectivity index (χ1n) is 14.2. The quantitative estimate of drug-likeness (QED) is 0.171. The largest absolute Gasteiger partial charge is 0.497 e. The highest BCUT2D eigenvalue weighted by atomic mass is 28.4. The summed E-state index contributed by atoms with van der Waals surface area (Å²) in [5, 5.41) is 2.26. The van der Waals surface area contributed by atoms with Crippen molar-refractivity contribution in [3.05, 3.63) is 139 Å². The van der Waals surface area contributed by atoms with Crippen LogP contribution in [0.4, 0.5) is 0 Å². The van der Waals surface area contributed by atoms with E-state index in [9.17, 15) is 0 Å². The number of aliphatic imine (C=N–C) groups is 1.